The van der Waals surface area contributed by atoms with Crippen molar-refractivity contribution in [3.8, 4) is 5.75 Å². The second kappa shape index (κ2) is 7.44. The molecular weight excluding hydrogens is 296 g/mol. The monoisotopic (exact) mass is 320 g/mol. The Labute approximate surface area is 136 Å². The summed E-state index contributed by atoms with van der Waals surface area (Å²) in [7, 11) is 0. The van der Waals surface area contributed by atoms with Crippen LogP contribution in [0.5, 0.6) is 5.75 Å². The summed E-state index contributed by atoms with van der Waals surface area (Å²) in [6.45, 7) is 3.87. The number of rotatable bonds is 6. The molecular formula is C17H24N2O4. The number of carbonyl (C=O) groups excluding carboxylic acids is 1. The van der Waals surface area contributed by atoms with Gasteiger partial charge >= 0.3 is 5.97 Å². The molecule has 1 amide bonds. The van der Waals surface area contributed by atoms with E-state index in [0.29, 0.717) is 18.6 Å². The topological polar surface area (TPSA) is 88.5 Å². The molecule has 0 atom stereocenters. The van der Waals surface area contributed by atoms with Crippen LogP contribution in [0.2, 0.25) is 0 Å². The van der Waals surface area contributed by atoms with Gasteiger partial charge in [0.2, 0.25) is 0 Å². The summed E-state index contributed by atoms with van der Waals surface area (Å²) in [6, 6.07) is 3.39. The molecule has 0 unspecified atom stereocenters. The molecule has 2 N–H and O–H groups in total. The van der Waals surface area contributed by atoms with Gasteiger partial charge in [-0.05, 0) is 38.8 Å². The summed E-state index contributed by atoms with van der Waals surface area (Å²) in [6.07, 6.45) is 5.46. The molecule has 1 aromatic heterocycles. The number of carboxylic acids is 1. The highest BCUT2D eigenvalue weighted by Gasteiger charge is 2.40. The molecule has 6 nitrogen and oxygen atoms in total. The number of aromatic nitrogens is 1. The van der Waals surface area contributed by atoms with Crippen molar-refractivity contribution in [3.63, 3.8) is 0 Å². The number of carboxylic acid groups (broad SMARTS) is 1. The molecule has 1 aromatic rings. The van der Waals surface area contributed by atoms with E-state index in [9.17, 15) is 14.7 Å². The number of amides is 1. The molecule has 126 valence electrons. The zero-order valence-corrected chi connectivity index (χ0v) is 13.7. The van der Waals surface area contributed by atoms with E-state index in [1.54, 1.807) is 12.1 Å². The van der Waals surface area contributed by atoms with Gasteiger partial charge in [0, 0.05) is 12.7 Å². The highest BCUT2D eigenvalue weighted by atomic mass is 16.5. The molecule has 2 rings (SSSR count). The van der Waals surface area contributed by atoms with Gasteiger partial charge in [-0.2, -0.15) is 0 Å². The number of hydrogen-bond donors (Lipinski definition) is 2. The minimum Gasteiger partial charge on any atom is -0.489 e. The quantitative estimate of drug-likeness (QED) is 0.841. The molecule has 6 heteroatoms. The van der Waals surface area contributed by atoms with E-state index in [1.807, 2.05) is 13.8 Å². The summed E-state index contributed by atoms with van der Waals surface area (Å²) in [4.78, 5) is 28.1. The maximum absolute atomic E-state index is 12.4. The lowest BCUT2D eigenvalue weighted by Crippen LogP contribution is -2.44. The zero-order valence-electron chi connectivity index (χ0n) is 13.7. The first-order valence-corrected chi connectivity index (χ1v) is 8.08. The summed E-state index contributed by atoms with van der Waals surface area (Å²) in [5, 5.41) is 12.3. The van der Waals surface area contributed by atoms with E-state index in [2.05, 4.69) is 10.3 Å². The van der Waals surface area contributed by atoms with Gasteiger partial charge in [0.25, 0.3) is 5.91 Å². The average Bonchev–Trinajstić information content (AvgIpc) is 2.53. The Morgan fingerprint density at radius 2 is 2.04 bits per heavy atom. The standard InChI is InChI=1S/C17H24N2O4/c1-12(2)23-13-7-6-10-18-14(13)15(20)19-11-17(16(21)22)8-4-3-5-9-17/h6-7,10,12H,3-5,8-9,11H2,1-2H3,(H,19,20)(H,21,22). The summed E-state index contributed by atoms with van der Waals surface area (Å²) >= 11 is 0. The second-order valence-corrected chi connectivity index (χ2v) is 6.35. The number of nitrogens with one attached hydrogen (secondary N) is 1. The molecule has 0 bridgehead atoms. The fraction of sp³-hybridized carbons (Fsp3) is 0.588. The number of pyridine rings is 1. The van der Waals surface area contributed by atoms with E-state index < -0.39 is 17.3 Å². The van der Waals surface area contributed by atoms with Crippen LogP contribution in [0.3, 0.4) is 0 Å². The van der Waals surface area contributed by atoms with Gasteiger partial charge in [0.05, 0.1) is 11.5 Å². The first-order valence-electron chi connectivity index (χ1n) is 8.08. The number of aliphatic carboxylic acids is 1. The van der Waals surface area contributed by atoms with Crippen molar-refractivity contribution in [2.45, 2.75) is 52.1 Å². The molecule has 0 aromatic carbocycles. The van der Waals surface area contributed by atoms with Gasteiger partial charge in [-0.1, -0.05) is 19.3 Å². The highest BCUT2D eigenvalue weighted by molar-refractivity contribution is 5.95. The average molecular weight is 320 g/mol. The summed E-state index contributed by atoms with van der Waals surface area (Å²) < 4.78 is 5.59. The van der Waals surface area contributed by atoms with Crippen molar-refractivity contribution < 1.29 is 19.4 Å². The summed E-state index contributed by atoms with van der Waals surface area (Å²) in [5.74, 6) is -0.822. The molecule has 23 heavy (non-hydrogen) atoms. The van der Waals surface area contributed by atoms with Gasteiger partial charge < -0.3 is 15.2 Å². The Hall–Kier alpha value is -2.11. The predicted octanol–water partition coefficient (Wildman–Crippen LogP) is 2.63. The fourth-order valence-electron chi connectivity index (χ4n) is 2.94. The van der Waals surface area contributed by atoms with Crippen LogP contribution in [-0.4, -0.2) is 34.6 Å². The van der Waals surface area contributed by atoms with Crippen LogP contribution in [0, 0.1) is 5.41 Å². The summed E-state index contributed by atoms with van der Waals surface area (Å²) in [5.41, 5.74) is -0.667. The normalized spacial score (nSPS) is 16.8. The minimum atomic E-state index is -0.859. The van der Waals surface area contributed by atoms with Crippen molar-refractivity contribution in [2.24, 2.45) is 5.41 Å². The SMILES string of the molecule is CC(C)Oc1cccnc1C(=O)NCC1(C(=O)O)CCCCC1. The molecule has 1 saturated carbocycles. The van der Waals surface area contributed by atoms with Crippen LogP contribution in [0.1, 0.15) is 56.4 Å². The van der Waals surface area contributed by atoms with E-state index in [-0.39, 0.29) is 18.3 Å². The third kappa shape index (κ3) is 4.21. The van der Waals surface area contributed by atoms with Crippen molar-refractivity contribution in [1.29, 1.82) is 0 Å². The molecule has 0 radical (unpaired) electrons. The molecule has 1 fully saturated rings. The van der Waals surface area contributed by atoms with E-state index in [0.717, 1.165) is 19.3 Å². The minimum absolute atomic E-state index is 0.0746. The van der Waals surface area contributed by atoms with E-state index >= 15 is 0 Å². The van der Waals surface area contributed by atoms with Gasteiger partial charge in [-0.3, -0.25) is 9.59 Å². The maximum Gasteiger partial charge on any atom is 0.311 e. The Morgan fingerprint density at radius 3 is 2.65 bits per heavy atom. The van der Waals surface area contributed by atoms with E-state index in [4.69, 9.17) is 4.74 Å². The Morgan fingerprint density at radius 1 is 1.35 bits per heavy atom. The van der Waals surface area contributed by atoms with Crippen LogP contribution in [0.15, 0.2) is 18.3 Å². The number of carbonyl (C=O) groups is 2. The predicted molar refractivity (Wildman–Crippen MR) is 85.5 cm³/mol. The number of ether oxygens (including phenoxy) is 1. The van der Waals surface area contributed by atoms with Crippen LogP contribution in [0.25, 0.3) is 0 Å². The third-order valence-electron chi connectivity index (χ3n) is 4.20. The lowest BCUT2D eigenvalue weighted by molar-refractivity contribution is -0.150. The molecule has 0 aliphatic heterocycles. The largest absolute Gasteiger partial charge is 0.489 e. The zero-order chi connectivity index (χ0) is 16.9. The number of nitrogens with zero attached hydrogens (tertiary/aromatic N) is 1. The van der Waals surface area contributed by atoms with Crippen molar-refractivity contribution >= 4 is 11.9 Å². The highest BCUT2D eigenvalue weighted by Crippen LogP contribution is 2.36. The number of hydrogen-bond acceptors (Lipinski definition) is 4. The molecule has 1 aliphatic carbocycles. The van der Waals surface area contributed by atoms with Crippen LogP contribution in [-0.2, 0) is 4.79 Å². The first kappa shape index (κ1) is 17.2. The Kier molecular flexibility index (Phi) is 5.58. The van der Waals surface area contributed by atoms with Crippen molar-refractivity contribution in [2.75, 3.05) is 6.54 Å². The smallest absolute Gasteiger partial charge is 0.311 e. The van der Waals surface area contributed by atoms with Gasteiger partial charge in [0.1, 0.15) is 0 Å². The lowest BCUT2D eigenvalue weighted by atomic mass is 9.74. The van der Waals surface area contributed by atoms with Gasteiger partial charge in [-0.15, -0.1) is 0 Å². The lowest BCUT2D eigenvalue weighted by Gasteiger charge is -2.33. The van der Waals surface area contributed by atoms with Crippen LogP contribution >= 0.6 is 0 Å². The Bertz CT molecular complexity index is 565. The third-order valence-corrected chi connectivity index (χ3v) is 4.20. The first-order chi connectivity index (χ1) is 10.9. The van der Waals surface area contributed by atoms with Crippen molar-refractivity contribution in [3.05, 3.63) is 24.0 Å². The molecule has 1 heterocycles. The Balaban J connectivity index is 2.08. The van der Waals surface area contributed by atoms with Gasteiger partial charge in [0.15, 0.2) is 11.4 Å². The molecule has 1 aliphatic rings. The van der Waals surface area contributed by atoms with Gasteiger partial charge in [-0.25, -0.2) is 4.98 Å². The molecule has 0 saturated heterocycles. The maximum atomic E-state index is 12.4. The molecule has 0 spiro atoms. The second-order valence-electron chi connectivity index (χ2n) is 6.35. The van der Waals surface area contributed by atoms with Crippen LogP contribution in [0.4, 0.5) is 0 Å². The van der Waals surface area contributed by atoms with Crippen LogP contribution < -0.4 is 10.1 Å². The van der Waals surface area contributed by atoms with E-state index in [1.165, 1.54) is 6.20 Å². The fourth-order valence-corrected chi connectivity index (χ4v) is 2.94. The van der Waals surface area contributed by atoms with Crippen molar-refractivity contribution in [1.82, 2.24) is 10.3 Å².